The number of anilines is 1. The molecule has 0 saturated carbocycles. The van der Waals surface area contributed by atoms with Crippen molar-refractivity contribution in [3.8, 4) is 0 Å². The van der Waals surface area contributed by atoms with E-state index in [-0.39, 0.29) is 5.91 Å². The Balaban J connectivity index is 2.03. The van der Waals surface area contributed by atoms with Gasteiger partial charge in [0.25, 0.3) is 0 Å². The highest BCUT2D eigenvalue weighted by Crippen LogP contribution is 2.19. The van der Waals surface area contributed by atoms with E-state index in [9.17, 15) is 4.79 Å². The third kappa shape index (κ3) is 3.54. The van der Waals surface area contributed by atoms with Crippen molar-refractivity contribution in [3.63, 3.8) is 0 Å². The first-order valence-electron chi connectivity index (χ1n) is 7.09. The number of thioether (sulfide) groups is 1. The van der Waals surface area contributed by atoms with Crippen molar-refractivity contribution < 1.29 is 4.79 Å². The molecule has 1 amide bonds. The molecular weight excluding hydrogens is 270 g/mol. The molecule has 1 N–H and O–H groups in total. The lowest BCUT2D eigenvalue weighted by molar-refractivity contribution is -0.113. The molecule has 20 heavy (non-hydrogen) atoms. The molecule has 108 valence electrons. The zero-order valence-corrected chi connectivity index (χ0v) is 12.9. The van der Waals surface area contributed by atoms with Gasteiger partial charge in [0.05, 0.1) is 16.8 Å². The lowest BCUT2D eigenvalue weighted by Crippen LogP contribution is -2.17. The average molecular weight is 291 g/mol. The summed E-state index contributed by atoms with van der Waals surface area (Å²) in [5.41, 5.74) is 1.98. The van der Waals surface area contributed by atoms with E-state index in [1.165, 1.54) is 6.42 Å². The normalized spacial score (nSPS) is 10.9. The Kier molecular flexibility index (Phi) is 5.47. The first kappa shape index (κ1) is 14.9. The highest BCUT2D eigenvalue weighted by Gasteiger charge is 2.11. The van der Waals surface area contributed by atoms with Crippen LogP contribution in [0.1, 0.15) is 26.7 Å². The zero-order valence-electron chi connectivity index (χ0n) is 12.1. The molecule has 1 aromatic heterocycles. The molecule has 1 aromatic carbocycles. The topological polar surface area (TPSA) is 46.9 Å². The number of unbranched alkanes of at least 4 members (excludes halogenated alkanes) is 1. The Morgan fingerprint density at radius 1 is 1.35 bits per heavy atom. The smallest absolute Gasteiger partial charge is 0.236 e. The maximum Gasteiger partial charge on any atom is 0.236 e. The van der Waals surface area contributed by atoms with Gasteiger partial charge in [0, 0.05) is 6.54 Å². The fourth-order valence-electron chi connectivity index (χ4n) is 2.06. The summed E-state index contributed by atoms with van der Waals surface area (Å²) in [4.78, 5) is 16.4. The number of benzene rings is 1. The number of aryl methyl sites for hydroxylation is 1. The summed E-state index contributed by atoms with van der Waals surface area (Å²) in [7, 11) is 0. The Labute approximate surface area is 124 Å². The largest absolute Gasteiger partial charge is 0.310 e. The lowest BCUT2D eigenvalue weighted by atomic mass is 10.3. The van der Waals surface area contributed by atoms with Gasteiger partial charge in [0.15, 0.2) is 0 Å². The maximum absolute atomic E-state index is 11.9. The number of carbonyl (C=O) groups is 1. The third-order valence-corrected chi connectivity index (χ3v) is 4.14. The summed E-state index contributed by atoms with van der Waals surface area (Å²) >= 11 is 1.68. The number of aromatic nitrogens is 2. The third-order valence-electron chi connectivity index (χ3n) is 3.10. The predicted molar refractivity (Wildman–Crippen MR) is 86.3 cm³/mol. The quantitative estimate of drug-likeness (QED) is 0.794. The van der Waals surface area contributed by atoms with Crippen LogP contribution in [-0.2, 0) is 11.3 Å². The summed E-state index contributed by atoms with van der Waals surface area (Å²) in [6.07, 6.45) is 2.33. The molecule has 0 atom stereocenters. The second-order valence-corrected chi connectivity index (χ2v) is 5.73. The van der Waals surface area contributed by atoms with Crippen molar-refractivity contribution in [1.82, 2.24) is 9.55 Å². The lowest BCUT2D eigenvalue weighted by Gasteiger charge is -2.07. The molecule has 0 spiro atoms. The molecule has 0 fully saturated rings. The van der Waals surface area contributed by atoms with Crippen LogP contribution in [0.2, 0.25) is 0 Å². The number of nitrogens with one attached hydrogen (secondary N) is 1. The van der Waals surface area contributed by atoms with Crippen LogP contribution < -0.4 is 5.32 Å². The number of nitrogens with zero attached hydrogens (tertiary/aromatic N) is 2. The van der Waals surface area contributed by atoms with Crippen molar-refractivity contribution in [2.24, 2.45) is 0 Å². The van der Waals surface area contributed by atoms with Gasteiger partial charge in [-0.3, -0.25) is 10.1 Å². The number of fused-ring (bicyclic) bond motifs is 1. The van der Waals surface area contributed by atoms with Crippen LogP contribution in [0.3, 0.4) is 0 Å². The van der Waals surface area contributed by atoms with Crippen molar-refractivity contribution in [1.29, 1.82) is 0 Å². The number of hydrogen-bond acceptors (Lipinski definition) is 3. The number of hydrogen-bond donors (Lipinski definition) is 1. The summed E-state index contributed by atoms with van der Waals surface area (Å²) in [6, 6.07) is 7.94. The van der Waals surface area contributed by atoms with Gasteiger partial charge in [0.1, 0.15) is 0 Å². The molecule has 4 nitrogen and oxygen atoms in total. The van der Waals surface area contributed by atoms with E-state index in [0.29, 0.717) is 11.7 Å². The van der Waals surface area contributed by atoms with Crippen LogP contribution >= 0.6 is 11.8 Å². The van der Waals surface area contributed by atoms with E-state index in [4.69, 9.17) is 0 Å². The minimum absolute atomic E-state index is 0.0242. The number of para-hydroxylation sites is 2. The highest BCUT2D eigenvalue weighted by molar-refractivity contribution is 7.99. The fraction of sp³-hybridized carbons (Fsp3) is 0.467. The second-order valence-electron chi connectivity index (χ2n) is 4.62. The van der Waals surface area contributed by atoms with Gasteiger partial charge in [-0.2, -0.15) is 11.8 Å². The highest BCUT2D eigenvalue weighted by atomic mass is 32.2. The fourth-order valence-corrected chi connectivity index (χ4v) is 2.96. The van der Waals surface area contributed by atoms with E-state index in [1.54, 1.807) is 11.8 Å². The summed E-state index contributed by atoms with van der Waals surface area (Å²) in [5, 5.41) is 2.92. The van der Waals surface area contributed by atoms with Gasteiger partial charge in [-0.25, -0.2) is 4.98 Å². The number of rotatable bonds is 7. The molecule has 0 unspecified atom stereocenters. The number of amides is 1. The van der Waals surface area contributed by atoms with Gasteiger partial charge >= 0.3 is 0 Å². The molecule has 0 aliphatic rings. The van der Waals surface area contributed by atoms with Crippen LogP contribution in [0.15, 0.2) is 24.3 Å². The van der Waals surface area contributed by atoms with Crippen LogP contribution in [0.5, 0.6) is 0 Å². The number of imidazole rings is 1. The first-order valence-corrected chi connectivity index (χ1v) is 8.24. The minimum Gasteiger partial charge on any atom is -0.310 e. The number of carbonyl (C=O) groups excluding carboxylic acids is 1. The molecular formula is C15H21N3OS. The van der Waals surface area contributed by atoms with E-state index in [2.05, 4.69) is 24.1 Å². The summed E-state index contributed by atoms with van der Waals surface area (Å²) in [6.45, 7) is 5.00. The summed E-state index contributed by atoms with van der Waals surface area (Å²) in [5.74, 6) is 2.20. The van der Waals surface area contributed by atoms with Gasteiger partial charge in [-0.15, -0.1) is 0 Å². The average Bonchev–Trinajstić information content (AvgIpc) is 2.80. The second kappa shape index (κ2) is 7.33. The van der Waals surface area contributed by atoms with E-state index in [0.717, 1.165) is 29.8 Å². The Bertz CT molecular complexity index is 580. The Hall–Kier alpha value is -1.49. The van der Waals surface area contributed by atoms with Crippen LogP contribution in [0.4, 0.5) is 5.95 Å². The van der Waals surface area contributed by atoms with Gasteiger partial charge in [-0.05, 0) is 31.2 Å². The van der Waals surface area contributed by atoms with E-state index in [1.807, 2.05) is 28.8 Å². The van der Waals surface area contributed by atoms with Crippen LogP contribution in [0, 0.1) is 0 Å². The maximum atomic E-state index is 11.9. The minimum atomic E-state index is 0.0242. The molecule has 0 bridgehead atoms. The molecule has 0 radical (unpaired) electrons. The van der Waals surface area contributed by atoms with Crippen LogP contribution in [0.25, 0.3) is 11.0 Å². The van der Waals surface area contributed by atoms with E-state index >= 15 is 0 Å². The molecule has 0 aliphatic heterocycles. The van der Waals surface area contributed by atoms with Gasteiger partial charge in [0.2, 0.25) is 11.9 Å². The summed E-state index contributed by atoms with van der Waals surface area (Å²) < 4.78 is 2.03. The Morgan fingerprint density at radius 3 is 2.90 bits per heavy atom. The standard InChI is InChI=1S/C15H21N3OS/c1-3-5-10-20-11-14(19)17-15-16-12-8-6-7-9-13(12)18(15)4-2/h6-9H,3-5,10-11H2,1-2H3,(H,16,17,19). The molecule has 1 heterocycles. The van der Waals surface area contributed by atoms with Crippen molar-refractivity contribution in [2.45, 2.75) is 33.2 Å². The first-order chi connectivity index (χ1) is 9.76. The van der Waals surface area contributed by atoms with Gasteiger partial charge < -0.3 is 4.57 Å². The van der Waals surface area contributed by atoms with Crippen molar-refractivity contribution >= 4 is 34.7 Å². The molecule has 5 heteroatoms. The van der Waals surface area contributed by atoms with Crippen LogP contribution in [-0.4, -0.2) is 27.0 Å². The van der Waals surface area contributed by atoms with Crippen molar-refractivity contribution in [3.05, 3.63) is 24.3 Å². The molecule has 2 aromatic rings. The predicted octanol–water partition coefficient (Wildman–Crippen LogP) is 3.53. The van der Waals surface area contributed by atoms with Gasteiger partial charge in [-0.1, -0.05) is 25.5 Å². The molecule has 0 saturated heterocycles. The SMILES string of the molecule is CCCCSCC(=O)Nc1nc2ccccc2n1CC. The van der Waals surface area contributed by atoms with Crippen molar-refractivity contribution in [2.75, 3.05) is 16.8 Å². The Morgan fingerprint density at radius 2 is 2.15 bits per heavy atom. The molecule has 0 aliphatic carbocycles. The zero-order chi connectivity index (χ0) is 14.4. The molecule has 2 rings (SSSR count). The monoisotopic (exact) mass is 291 g/mol. The van der Waals surface area contributed by atoms with E-state index < -0.39 is 0 Å².